The van der Waals surface area contributed by atoms with Crippen molar-refractivity contribution in [1.82, 2.24) is 10.2 Å². The number of nitrogens with one attached hydrogen (secondary N) is 1. The van der Waals surface area contributed by atoms with Crippen molar-refractivity contribution in [3.8, 4) is 11.5 Å². The Morgan fingerprint density at radius 1 is 1.32 bits per heavy atom. The van der Waals surface area contributed by atoms with Crippen molar-refractivity contribution in [2.24, 2.45) is 5.92 Å². The zero-order valence-electron chi connectivity index (χ0n) is 16.1. The van der Waals surface area contributed by atoms with E-state index in [2.05, 4.69) is 10.2 Å². The van der Waals surface area contributed by atoms with E-state index in [1.54, 1.807) is 19.1 Å². The molecule has 2 atom stereocenters. The molecule has 0 spiro atoms. The highest BCUT2D eigenvalue weighted by atomic mass is 35.5. The Morgan fingerprint density at radius 2 is 2.11 bits per heavy atom. The van der Waals surface area contributed by atoms with Gasteiger partial charge < -0.3 is 29.6 Å². The summed E-state index contributed by atoms with van der Waals surface area (Å²) in [6.07, 6.45) is 1.65. The van der Waals surface area contributed by atoms with Gasteiger partial charge in [-0.3, -0.25) is 4.79 Å². The second kappa shape index (κ2) is 9.58. The number of Topliss-reactive ketones (excluding diaryl/α,β-unsaturated/α-hetero) is 1. The number of nitrogens with zero attached hydrogens (tertiary/aromatic N) is 1. The van der Waals surface area contributed by atoms with Crippen LogP contribution in [-0.2, 0) is 4.79 Å². The fourth-order valence-electron chi connectivity index (χ4n) is 3.65. The zero-order valence-corrected chi connectivity index (χ0v) is 16.8. The molecule has 1 amide bonds. The number of hydrogen-bond acceptors (Lipinski definition) is 6. The first-order valence-electron chi connectivity index (χ1n) is 9.71. The monoisotopic (exact) mass is 410 g/mol. The SMILES string of the molecule is CC(=O)CCCN1CC[C@@H](CNC(=O)c2cc(Cl)cc3c2OCCO3)[C@H](O)C1. The number of likely N-dealkylation sites (tertiary alicyclic amines) is 1. The third kappa shape index (κ3) is 5.37. The van der Waals surface area contributed by atoms with E-state index in [0.29, 0.717) is 54.8 Å². The van der Waals surface area contributed by atoms with Gasteiger partial charge in [0.25, 0.3) is 5.91 Å². The molecule has 2 aliphatic heterocycles. The summed E-state index contributed by atoms with van der Waals surface area (Å²) < 4.78 is 11.1. The molecule has 3 rings (SSSR count). The van der Waals surface area contributed by atoms with E-state index in [4.69, 9.17) is 21.1 Å². The van der Waals surface area contributed by atoms with E-state index in [9.17, 15) is 14.7 Å². The van der Waals surface area contributed by atoms with Gasteiger partial charge in [-0.15, -0.1) is 0 Å². The van der Waals surface area contributed by atoms with Crippen molar-refractivity contribution in [3.63, 3.8) is 0 Å². The molecule has 2 aliphatic rings. The van der Waals surface area contributed by atoms with Crippen LogP contribution in [0.25, 0.3) is 0 Å². The van der Waals surface area contributed by atoms with Crippen molar-refractivity contribution < 1.29 is 24.2 Å². The van der Waals surface area contributed by atoms with Gasteiger partial charge in [-0.1, -0.05) is 11.6 Å². The molecule has 1 fully saturated rings. The molecule has 1 aromatic rings. The van der Waals surface area contributed by atoms with Crippen LogP contribution in [0.2, 0.25) is 5.02 Å². The van der Waals surface area contributed by atoms with Gasteiger partial charge in [0.2, 0.25) is 0 Å². The van der Waals surface area contributed by atoms with Crippen LogP contribution < -0.4 is 14.8 Å². The maximum absolute atomic E-state index is 12.7. The Hall–Kier alpha value is -1.83. The normalized spacial score (nSPS) is 22.0. The molecule has 0 aromatic heterocycles. The van der Waals surface area contributed by atoms with Gasteiger partial charge in [0.1, 0.15) is 19.0 Å². The Labute approximate surface area is 169 Å². The molecule has 7 nitrogen and oxygen atoms in total. The fourth-order valence-corrected chi connectivity index (χ4v) is 3.85. The lowest BCUT2D eigenvalue weighted by Crippen LogP contribution is -2.47. The molecule has 2 heterocycles. The summed E-state index contributed by atoms with van der Waals surface area (Å²) in [5.41, 5.74) is 0.346. The van der Waals surface area contributed by atoms with Crippen LogP contribution in [0, 0.1) is 5.92 Å². The van der Waals surface area contributed by atoms with Gasteiger partial charge in [0, 0.05) is 36.5 Å². The number of halogens is 1. The number of carbonyl (C=O) groups is 2. The molecular weight excluding hydrogens is 384 g/mol. The first kappa shape index (κ1) is 20.9. The lowest BCUT2D eigenvalue weighted by Gasteiger charge is -2.36. The summed E-state index contributed by atoms with van der Waals surface area (Å²) >= 11 is 6.09. The third-order valence-electron chi connectivity index (χ3n) is 5.19. The summed E-state index contributed by atoms with van der Waals surface area (Å²) in [6.45, 7) is 4.99. The van der Waals surface area contributed by atoms with E-state index in [1.165, 1.54) is 0 Å². The number of ether oxygens (including phenoxy) is 2. The number of fused-ring (bicyclic) bond motifs is 1. The highest BCUT2D eigenvalue weighted by Gasteiger charge is 2.29. The van der Waals surface area contributed by atoms with Crippen LogP contribution in [0.5, 0.6) is 11.5 Å². The molecular formula is C20H27ClN2O5. The summed E-state index contributed by atoms with van der Waals surface area (Å²) in [5, 5.41) is 13.7. The number of amides is 1. The van der Waals surface area contributed by atoms with Crippen molar-refractivity contribution in [2.45, 2.75) is 32.3 Å². The smallest absolute Gasteiger partial charge is 0.255 e. The molecule has 8 heteroatoms. The maximum atomic E-state index is 12.7. The van der Waals surface area contributed by atoms with Crippen molar-refractivity contribution >= 4 is 23.3 Å². The number of rotatable bonds is 7. The Balaban J connectivity index is 1.52. The zero-order chi connectivity index (χ0) is 20.1. The van der Waals surface area contributed by atoms with E-state index in [0.717, 1.165) is 25.9 Å². The minimum absolute atomic E-state index is 0.0137. The Kier molecular flexibility index (Phi) is 7.15. The number of aliphatic hydroxyl groups excluding tert-OH is 1. The van der Waals surface area contributed by atoms with Gasteiger partial charge in [-0.05, 0) is 38.9 Å². The molecule has 0 saturated carbocycles. The van der Waals surface area contributed by atoms with E-state index < -0.39 is 6.10 Å². The standard InChI is InChI=1S/C20H27ClN2O5/c1-13(24)3-2-5-23-6-4-14(17(25)12-23)11-22-20(26)16-9-15(21)10-18-19(16)28-8-7-27-18/h9-10,14,17,25H,2-8,11-12H2,1H3,(H,22,26)/t14-,17+/m0/s1. The number of carbonyl (C=O) groups excluding carboxylic acids is 2. The Bertz CT molecular complexity index is 727. The van der Waals surface area contributed by atoms with E-state index in [1.807, 2.05) is 0 Å². The molecule has 154 valence electrons. The highest BCUT2D eigenvalue weighted by molar-refractivity contribution is 6.31. The van der Waals surface area contributed by atoms with Crippen LogP contribution in [0.3, 0.4) is 0 Å². The number of aliphatic hydroxyl groups is 1. The third-order valence-corrected chi connectivity index (χ3v) is 5.40. The van der Waals surface area contributed by atoms with Gasteiger partial charge in [0.15, 0.2) is 11.5 Å². The quantitative estimate of drug-likeness (QED) is 0.713. The van der Waals surface area contributed by atoms with Crippen LogP contribution in [0.4, 0.5) is 0 Å². The second-order valence-electron chi connectivity index (χ2n) is 7.41. The predicted molar refractivity (Wildman–Crippen MR) is 105 cm³/mol. The van der Waals surface area contributed by atoms with Gasteiger partial charge in [-0.2, -0.15) is 0 Å². The molecule has 0 radical (unpaired) electrons. The van der Waals surface area contributed by atoms with E-state index in [-0.39, 0.29) is 17.6 Å². The Morgan fingerprint density at radius 3 is 2.86 bits per heavy atom. The van der Waals surface area contributed by atoms with Gasteiger partial charge in [-0.25, -0.2) is 0 Å². The number of hydrogen-bond donors (Lipinski definition) is 2. The van der Waals surface area contributed by atoms with Crippen molar-refractivity contribution in [1.29, 1.82) is 0 Å². The molecule has 2 N–H and O–H groups in total. The highest BCUT2D eigenvalue weighted by Crippen LogP contribution is 2.36. The average molecular weight is 411 g/mol. The van der Waals surface area contributed by atoms with Gasteiger partial charge in [0.05, 0.1) is 11.7 Å². The molecule has 1 aromatic carbocycles. The van der Waals surface area contributed by atoms with Crippen molar-refractivity contribution in [3.05, 3.63) is 22.7 Å². The van der Waals surface area contributed by atoms with Crippen LogP contribution in [0.15, 0.2) is 12.1 Å². The largest absolute Gasteiger partial charge is 0.486 e. The number of ketones is 1. The average Bonchev–Trinajstić information content (AvgIpc) is 2.66. The number of piperidine rings is 1. The van der Waals surface area contributed by atoms with Crippen molar-refractivity contribution in [2.75, 3.05) is 39.4 Å². The summed E-state index contributed by atoms with van der Waals surface area (Å²) in [5.74, 6) is 0.771. The minimum atomic E-state index is -0.515. The van der Waals surface area contributed by atoms with Crippen LogP contribution in [-0.4, -0.2) is 67.2 Å². The molecule has 28 heavy (non-hydrogen) atoms. The lowest BCUT2D eigenvalue weighted by atomic mass is 9.93. The molecule has 1 saturated heterocycles. The number of β-amino-alcohol motifs (C(OH)–C–C–N with tert-alkyl or cyclic N) is 1. The summed E-state index contributed by atoms with van der Waals surface area (Å²) in [7, 11) is 0. The molecule has 0 bridgehead atoms. The summed E-state index contributed by atoms with van der Waals surface area (Å²) in [6, 6.07) is 3.21. The van der Waals surface area contributed by atoms with Gasteiger partial charge >= 0.3 is 0 Å². The minimum Gasteiger partial charge on any atom is -0.486 e. The first-order valence-corrected chi connectivity index (χ1v) is 10.1. The summed E-state index contributed by atoms with van der Waals surface area (Å²) in [4.78, 5) is 25.9. The lowest BCUT2D eigenvalue weighted by molar-refractivity contribution is -0.117. The number of benzene rings is 1. The predicted octanol–water partition coefficient (Wildman–Crippen LogP) is 1.89. The maximum Gasteiger partial charge on any atom is 0.255 e. The molecule has 0 aliphatic carbocycles. The fraction of sp³-hybridized carbons (Fsp3) is 0.600. The van der Waals surface area contributed by atoms with E-state index >= 15 is 0 Å². The first-order chi connectivity index (χ1) is 13.4. The topological polar surface area (TPSA) is 88.1 Å². The van der Waals surface area contributed by atoms with Crippen LogP contribution in [0.1, 0.15) is 36.5 Å². The second-order valence-corrected chi connectivity index (χ2v) is 7.85. The van der Waals surface area contributed by atoms with Crippen LogP contribution >= 0.6 is 11.6 Å². The molecule has 0 unspecified atom stereocenters.